The van der Waals surface area contributed by atoms with Gasteiger partial charge in [-0.05, 0) is 44.0 Å². The van der Waals surface area contributed by atoms with Crippen molar-refractivity contribution in [2.75, 3.05) is 6.61 Å². The van der Waals surface area contributed by atoms with E-state index in [4.69, 9.17) is 14.0 Å². The second-order valence-corrected chi connectivity index (χ2v) is 8.05. The van der Waals surface area contributed by atoms with Crippen molar-refractivity contribution in [1.82, 2.24) is 19.7 Å². The van der Waals surface area contributed by atoms with Gasteiger partial charge in [-0.15, -0.1) is 0 Å². The van der Waals surface area contributed by atoms with E-state index >= 15 is 0 Å². The summed E-state index contributed by atoms with van der Waals surface area (Å²) < 4.78 is 17.9. The lowest BCUT2D eigenvalue weighted by Crippen LogP contribution is -2.25. The Morgan fingerprint density at radius 2 is 1.91 bits per heavy atom. The molecule has 2 heterocycles. The maximum absolute atomic E-state index is 12.9. The van der Waals surface area contributed by atoms with Gasteiger partial charge in [-0.3, -0.25) is 14.2 Å². The van der Waals surface area contributed by atoms with Crippen molar-refractivity contribution in [2.45, 2.75) is 45.3 Å². The number of ether oxygens (including phenoxy) is 2. The van der Waals surface area contributed by atoms with Gasteiger partial charge in [-0.1, -0.05) is 29.4 Å². The molecule has 1 fully saturated rings. The predicted molar refractivity (Wildman–Crippen MR) is 123 cm³/mol. The molecule has 0 saturated heterocycles. The lowest BCUT2D eigenvalue weighted by atomic mass is 10.2. The molecule has 2 aromatic carbocycles. The molecule has 0 unspecified atom stereocenters. The van der Waals surface area contributed by atoms with Crippen molar-refractivity contribution in [2.24, 2.45) is 0 Å². The maximum atomic E-state index is 12.9. The van der Waals surface area contributed by atoms with Gasteiger partial charge in [0.15, 0.2) is 6.61 Å². The topological polar surface area (TPSA) is 109 Å². The molecule has 1 aliphatic rings. The number of nitrogens with zero attached hydrogens (tertiary/aromatic N) is 4. The summed E-state index contributed by atoms with van der Waals surface area (Å²) >= 11 is 0. The molecule has 0 radical (unpaired) electrons. The van der Waals surface area contributed by atoms with E-state index in [2.05, 4.69) is 15.1 Å². The first-order valence-corrected chi connectivity index (χ1v) is 11.3. The van der Waals surface area contributed by atoms with E-state index in [1.165, 1.54) is 0 Å². The van der Waals surface area contributed by atoms with E-state index in [9.17, 15) is 9.59 Å². The molecule has 5 rings (SSSR count). The fourth-order valence-electron chi connectivity index (χ4n) is 3.86. The molecule has 2 aromatic heterocycles. The normalized spacial score (nSPS) is 13.2. The summed E-state index contributed by atoms with van der Waals surface area (Å²) in [6, 6.07) is 14.8. The van der Waals surface area contributed by atoms with E-state index in [1.54, 1.807) is 10.6 Å². The Hall–Kier alpha value is -4.01. The van der Waals surface area contributed by atoms with Crippen LogP contribution in [0.5, 0.6) is 5.75 Å². The van der Waals surface area contributed by atoms with Gasteiger partial charge >= 0.3 is 5.97 Å². The van der Waals surface area contributed by atoms with Crippen LogP contribution in [0.2, 0.25) is 0 Å². The lowest BCUT2D eigenvalue weighted by molar-refractivity contribution is -0.145. The number of aryl methyl sites for hydroxylation is 1. The molecule has 34 heavy (non-hydrogen) atoms. The Kier molecular flexibility index (Phi) is 6.07. The second kappa shape index (κ2) is 9.46. The molecule has 0 amide bonds. The number of hydrogen-bond donors (Lipinski definition) is 0. The van der Waals surface area contributed by atoms with Crippen LogP contribution < -0.4 is 10.3 Å². The molecule has 0 aliphatic heterocycles. The standard InChI is InChI=1S/C25H24N4O5/c1-2-32-20-10-6-4-8-18(20)24-27-22(34-28-24)15-33-23(30)14-13-21-26-19-9-5-3-7-17(19)25(31)29(21)16-11-12-16/h3-10,16H,2,11-15H2,1H3. The largest absolute Gasteiger partial charge is 0.493 e. The molecule has 174 valence electrons. The van der Waals surface area contributed by atoms with Gasteiger partial charge in [0.1, 0.15) is 11.6 Å². The molecule has 0 N–H and O–H groups in total. The minimum Gasteiger partial charge on any atom is -0.493 e. The Morgan fingerprint density at radius 1 is 1.12 bits per heavy atom. The zero-order valence-corrected chi connectivity index (χ0v) is 18.8. The number of fused-ring (bicyclic) bond motifs is 1. The van der Waals surface area contributed by atoms with Gasteiger partial charge in [0, 0.05) is 12.5 Å². The zero-order chi connectivity index (χ0) is 23.5. The SMILES string of the molecule is CCOc1ccccc1-c1noc(COC(=O)CCc2nc3ccccc3c(=O)n2C2CC2)n1. The molecule has 9 heteroatoms. The summed E-state index contributed by atoms with van der Waals surface area (Å²) in [7, 11) is 0. The van der Waals surface area contributed by atoms with Gasteiger partial charge in [0.05, 0.1) is 29.5 Å². The van der Waals surface area contributed by atoms with Crippen LogP contribution in [0.3, 0.4) is 0 Å². The van der Waals surface area contributed by atoms with Crippen molar-refractivity contribution in [3.05, 3.63) is 70.6 Å². The number of aromatic nitrogens is 4. The van der Waals surface area contributed by atoms with Crippen LogP contribution in [0, 0.1) is 0 Å². The molecule has 0 bridgehead atoms. The zero-order valence-electron chi connectivity index (χ0n) is 18.8. The van der Waals surface area contributed by atoms with Crippen LogP contribution in [0.25, 0.3) is 22.3 Å². The Bertz CT molecular complexity index is 1390. The van der Waals surface area contributed by atoms with Gasteiger partial charge in [-0.25, -0.2) is 4.98 Å². The third kappa shape index (κ3) is 4.54. The highest BCUT2D eigenvalue weighted by Gasteiger charge is 2.28. The van der Waals surface area contributed by atoms with Crippen molar-refractivity contribution >= 4 is 16.9 Å². The molecule has 1 saturated carbocycles. The summed E-state index contributed by atoms with van der Waals surface area (Å²) in [5.41, 5.74) is 1.28. The summed E-state index contributed by atoms with van der Waals surface area (Å²) in [5.74, 6) is 1.38. The van der Waals surface area contributed by atoms with Gasteiger partial charge < -0.3 is 14.0 Å². The predicted octanol–water partition coefficient (Wildman–Crippen LogP) is 3.86. The highest BCUT2D eigenvalue weighted by Crippen LogP contribution is 2.35. The molecule has 0 spiro atoms. The quantitative estimate of drug-likeness (QED) is 0.347. The average molecular weight is 460 g/mol. The van der Waals surface area contributed by atoms with E-state index in [1.807, 2.05) is 49.4 Å². The average Bonchev–Trinajstić information content (AvgIpc) is 3.58. The van der Waals surface area contributed by atoms with Crippen molar-refractivity contribution in [3.8, 4) is 17.1 Å². The van der Waals surface area contributed by atoms with Gasteiger partial charge in [-0.2, -0.15) is 4.98 Å². The maximum Gasteiger partial charge on any atom is 0.306 e. The second-order valence-electron chi connectivity index (χ2n) is 8.05. The van der Waals surface area contributed by atoms with Crippen LogP contribution in [0.4, 0.5) is 0 Å². The molecule has 1 aliphatic carbocycles. The number of benzene rings is 2. The van der Waals surface area contributed by atoms with Crippen molar-refractivity contribution in [1.29, 1.82) is 0 Å². The minimum absolute atomic E-state index is 0.0535. The highest BCUT2D eigenvalue weighted by atomic mass is 16.6. The first-order chi connectivity index (χ1) is 16.6. The molecular formula is C25H24N4O5. The van der Waals surface area contributed by atoms with Crippen LogP contribution in [0.15, 0.2) is 57.8 Å². The summed E-state index contributed by atoms with van der Waals surface area (Å²) in [5, 5.41) is 4.57. The third-order valence-corrected chi connectivity index (χ3v) is 5.60. The van der Waals surface area contributed by atoms with Crippen molar-refractivity contribution < 1.29 is 18.8 Å². The van der Waals surface area contributed by atoms with Crippen LogP contribution in [-0.2, 0) is 22.6 Å². The fourth-order valence-corrected chi connectivity index (χ4v) is 3.86. The Labute approximate surface area is 195 Å². The molecule has 9 nitrogen and oxygen atoms in total. The van der Waals surface area contributed by atoms with E-state index in [0.29, 0.717) is 46.9 Å². The monoisotopic (exact) mass is 460 g/mol. The summed E-state index contributed by atoms with van der Waals surface area (Å²) in [6.45, 7) is 2.28. The van der Waals surface area contributed by atoms with Crippen molar-refractivity contribution in [3.63, 3.8) is 0 Å². The first kappa shape index (κ1) is 21.8. The summed E-state index contributed by atoms with van der Waals surface area (Å²) in [4.78, 5) is 34.3. The summed E-state index contributed by atoms with van der Waals surface area (Å²) in [6.07, 6.45) is 2.30. The van der Waals surface area contributed by atoms with Gasteiger partial charge in [0.2, 0.25) is 5.82 Å². The lowest BCUT2D eigenvalue weighted by Gasteiger charge is -2.12. The van der Waals surface area contributed by atoms with E-state index in [0.717, 1.165) is 12.8 Å². The molecular weight excluding hydrogens is 436 g/mol. The number of para-hydroxylation sites is 2. The van der Waals surface area contributed by atoms with Gasteiger partial charge in [0.25, 0.3) is 11.4 Å². The Balaban J connectivity index is 1.23. The minimum atomic E-state index is -0.431. The Morgan fingerprint density at radius 3 is 2.74 bits per heavy atom. The van der Waals surface area contributed by atoms with Crippen LogP contribution in [-0.4, -0.2) is 32.3 Å². The fraction of sp³-hybridized carbons (Fsp3) is 0.320. The molecule has 4 aromatic rings. The number of esters is 1. The number of carbonyl (C=O) groups excluding carboxylic acids is 1. The number of hydrogen-bond acceptors (Lipinski definition) is 8. The van der Waals surface area contributed by atoms with Crippen LogP contribution in [0.1, 0.15) is 43.9 Å². The smallest absolute Gasteiger partial charge is 0.306 e. The third-order valence-electron chi connectivity index (χ3n) is 5.60. The van der Waals surface area contributed by atoms with E-state index in [-0.39, 0.29) is 30.5 Å². The number of rotatable bonds is 9. The van der Waals surface area contributed by atoms with Crippen LogP contribution >= 0.6 is 0 Å². The molecule has 0 atom stereocenters. The highest BCUT2D eigenvalue weighted by molar-refractivity contribution is 5.77. The number of carbonyl (C=O) groups is 1. The van der Waals surface area contributed by atoms with E-state index < -0.39 is 5.97 Å². The first-order valence-electron chi connectivity index (χ1n) is 11.3.